The average molecular weight is 290 g/mol. The summed E-state index contributed by atoms with van der Waals surface area (Å²) in [6.07, 6.45) is 4.60. The average Bonchev–Trinajstić information content (AvgIpc) is 3.01. The number of hydrogen-bond donors (Lipinski definition) is 2. The molecule has 3 atom stereocenters. The molecule has 1 fully saturated rings. The second-order valence-corrected chi connectivity index (χ2v) is 5.75. The van der Waals surface area contributed by atoms with Gasteiger partial charge in [-0.1, -0.05) is 24.3 Å². The van der Waals surface area contributed by atoms with E-state index in [1.807, 2.05) is 0 Å². The van der Waals surface area contributed by atoms with Crippen LogP contribution in [0, 0.1) is 0 Å². The molecule has 2 aliphatic rings. The highest BCUT2D eigenvalue weighted by Crippen LogP contribution is 2.33. The van der Waals surface area contributed by atoms with Crippen LogP contribution in [0.1, 0.15) is 42.9 Å². The van der Waals surface area contributed by atoms with Gasteiger partial charge in [0, 0.05) is 0 Å². The van der Waals surface area contributed by atoms with Crippen LogP contribution in [0.15, 0.2) is 24.3 Å². The van der Waals surface area contributed by atoms with Gasteiger partial charge in [-0.05, 0) is 43.2 Å². The van der Waals surface area contributed by atoms with Gasteiger partial charge in [0.2, 0.25) is 0 Å². The number of carbonyl (C=O) groups is 1. The molecule has 3 N–H and O–H groups in total. The van der Waals surface area contributed by atoms with E-state index in [0.29, 0.717) is 13.0 Å². The maximum atomic E-state index is 11.4. The Bertz CT molecular complexity index is 506. The van der Waals surface area contributed by atoms with Gasteiger partial charge in [-0.25, -0.2) is 5.84 Å². The second-order valence-electron chi connectivity index (χ2n) is 5.75. The van der Waals surface area contributed by atoms with Crippen molar-refractivity contribution in [2.45, 2.75) is 50.4 Å². The Kier molecular flexibility index (Phi) is 4.53. The maximum absolute atomic E-state index is 11.4. The second kappa shape index (κ2) is 6.56. The van der Waals surface area contributed by atoms with Crippen LogP contribution in [-0.2, 0) is 20.7 Å². The Labute approximate surface area is 124 Å². The van der Waals surface area contributed by atoms with E-state index in [4.69, 9.17) is 15.3 Å². The quantitative estimate of drug-likeness (QED) is 0.502. The predicted molar refractivity (Wildman–Crippen MR) is 78.3 cm³/mol. The number of aryl methyl sites for hydroxylation is 1. The van der Waals surface area contributed by atoms with Crippen LogP contribution < -0.4 is 11.3 Å². The van der Waals surface area contributed by atoms with Crippen molar-refractivity contribution in [2.75, 3.05) is 6.61 Å². The zero-order valence-electron chi connectivity index (χ0n) is 12.1. The van der Waals surface area contributed by atoms with Gasteiger partial charge in [0.1, 0.15) is 6.10 Å². The molecule has 1 aromatic carbocycles. The number of ether oxygens (including phenoxy) is 2. The Morgan fingerprint density at radius 1 is 1.33 bits per heavy atom. The molecule has 5 nitrogen and oxygen atoms in total. The van der Waals surface area contributed by atoms with Crippen molar-refractivity contribution in [3.8, 4) is 0 Å². The lowest BCUT2D eigenvalue weighted by molar-refractivity contribution is -0.134. The van der Waals surface area contributed by atoms with E-state index >= 15 is 0 Å². The molecule has 1 amide bonds. The third-order valence-corrected chi connectivity index (χ3v) is 4.34. The van der Waals surface area contributed by atoms with E-state index in [2.05, 4.69) is 29.7 Å². The van der Waals surface area contributed by atoms with Crippen LogP contribution in [0.2, 0.25) is 0 Å². The monoisotopic (exact) mass is 290 g/mol. The fraction of sp³-hybridized carbons (Fsp3) is 0.562. The first-order chi connectivity index (χ1) is 10.3. The van der Waals surface area contributed by atoms with Gasteiger partial charge < -0.3 is 9.47 Å². The molecule has 5 heteroatoms. The van der Waals surface area contributed by atoms with Crippen LogP contribution >= 0.6 is 0 Å². The first kappa shape index (κ1) is 14.5. The fourth-order valence-electron chi connectivity index (χ4n) is 3.22. The molecule has 0 bridgehead atoms. The summed E-state index contributed by atoms with van der Waals surface area (Å²) in [5.41, 5.74) is 4.84. The SMILES string of the molecule is NNC(=O)C1CCC(COC2CCCc3ccccc32)O1. The number of amides is 1. The van der Waals surface area contributed by atoms with Crippen molar-refractivity contribution in [1.82, 2.24) is 5.43 Å². The summed E-state index contributed by atoms with van der Waals surface area (Å²) in [5.74, 6) is 4.88. The number of hydrazine groups is 1. The smallest absolute Gasteiger partial charge is 0.263 e. The molecule has 0 spiro atoms. The number of nitrogens with one attached hydrogen (secondary N) is 1. The van der Waals surface area contributed by atoms with Gasteiger partial charge in [0.25, 0.3) is 5.91 Å². The first-order valence-corrected chi connectivity index (χ1v) is 7.63. The minimum absolute atomic E-state index is 0.0126. The fourth-order valence-corrected chi connectivity index (χ4v) is 3.22. The van der Waals surface area contributed by atoms with E-state index in [1.54, 1.807) is 0 Å². The summed E-state index contributed by atoms with van der Waals surface area (Å²) in [5, 5.41) is 0. The van der Waals surface area contributed by atoms with Crippen LogP contribution in [0.5, 0.6) is 0 Å². The molecular formula is C16H22N2O3. The standard InChI is InChI=1S/C16H22N2O3/c17-18-16(19)15-9-8-12(21-15)10-20-14-7-3-5-11-4-1-2-6-13(11)14/h1-2,4,6,12,14-15H,3,5,7-10,17H2,(H,18,19). The van der Waals surface area contributed by atoms with Crippen molar-refractivity contribution in [1.29, 1.82) is 0 Å². The number of carbonyl (C=O) groups excluding carboxylic acids is 1. The molecule has 0 radical (unpaired) electrons. The molecule has 1 aliphatic heterocycles. The van der Waals surface area contributed by atoms with Gasteiger partial charge in [-0.3, -0.25) is 10.2 Å². The van der Waals surface area contributed by atoms with Crippen LogP contribution in [-0.4, -0.2) is 24.7 Å². The van der Waals surface area contributed by atoms with Gasteiger partial charge in [-0.15, -0.1) is 0 Å². The van der Waals surface area contributed by atoms with Gasteiger partial charge >= 0.3 is 0 Å². The van der Waals surface area contributed by atoms with Crippen molar-refractivity contribution in [3.05, 3.63) is 35.4 Å². The molecule has 1 aromatic rings. The van der Waals surface area contributed by atoms with Gasteiger partial charge in [-0.2, -0.15) is 0 Å². The topological polar surface area (TPSA) is 73.6 Å². The van der Waals surface area contributed by atoms with Crippen molar-refractivity contribution < 1.29 is 14.3 Å². The molecule has 3 rings (SSSR count). The lowest BCUT2D eigenvalue weighted by atomic mass is 9.89. The maximum Gasteiger partial charge on any atom is 0.263 e. The van der Waals surface area contributed by atoms with Crippen LogP contribution in [0.25, 0.3) is 0 Å². The predicted octanol–water partition coefficient (Wildman–Crippen LogP) is 1.62. The minimum Gasteiger partial charge on any atom is -0.371 e. The Morgan fingerprint density at radius 2 is 2.19 bits per heavy atom. The summed E-state index contributed by atoms with van der Waals surface area (Å²) in [4.78, 5) is 11.4. The van der Waals surface area contributed by atoms with Crippen molar-refractivity contribution >= 4 is 5.91 Å². The van der Waals surface area contributed by atoms with Gasteiger partial charge in [0.05, 0.1) is 18.8 Å². The first-order valence-electron chi connectivity index (χ1n) is 7.63. The summed E-state index contributed by atoms with van der Waals surface area (Å²) in [6, 6.07) is 8.48. The molecule has 1 aliphatic carbocycles. The number of benzene rings is 1. The zero-order valence-corrected chi connectivity index (χ0v) is 12.1. The number of fused-ring (bicyclic) bond motifs is 1. The highest BCUT2D eigenvalue weighted by molar-refractivity contribution is 5.80. The van der Waals surface area contributed by atoms with E-state index in [1.165, 1.54) is 11.1 Å². The molecule has 1 heterocycles. The summed E-state index contributed by atoms with van der Waals surface area (Å²) < 4.78 is 11.7. The Balaban J connectivity index is 1.54. The summed E-state index contributed by atoms with van der Waals surface area (Å²) in [7, 11) is 0. The molecule has 114 valence electrons. The van der Waals surface area contributed by atoms with E-state index in [-0.39, 0.29) is 18.1 Å². The minimum atomic E-state index is -0.428. The van der Waals surface area contributed by atoms with Crippen molar-refractivity contribution in [3.63, 3.8) is 0 Å². The largest absolute Gasteiger partial charge is 0.371 e. The van der Waals surface area contributed by atoms with Crippen LogP contribution in [0.4, 0.5) is 0 Å². The highest BCUT2D eigenvalue weighted by Gasteiger charge is 2.31. The number of nitrogens with two attached hydrogens (primary N) is 1. The third-order valence-electron chi connectivity index (χ3n) is 4.34. The Morgan fingerprint density at radius 3 is 3.05 bits per heavy atom. The van der Waals surface area contributed by atoms with E-state index in [9.17, 15) is 4.79 Å². The molecular weight excluding hydrogens is 268 g/mol. The Hall–Kier alpha value is -1.43. The third kappa shape index (κ3) is 3.26. The number of hydrogen-bond acceptors (Lipinski definition) is 4. The highest BCUT2D eigenvalue weighted by atomic mass is 16.5. The zero-order chi connectivity index (χ0) is 14.7. The molecule has 3 unspecified atom stereocenters. The molecule has 0 aromatic heterocycles. The normalized spacial score (nSPS) is 28.1. The molecule has 0 saturated carbocycles. The van der Waals surface area contributed by atoms with Gasteiger partial charge in [0.15, 0.2) is 0 Å². The van der Waals surface area contributed by atoms with Crippen LogP contribution in [0.3, 0.4) is 0 Å². The van der Waals surface area contributed by atoms with E-state index < -0.39 is 6.10 Å². The van der Waals surface area contributed by atoms with Crippen molar-refractivity contribution in [2.24, 2.45) is 5.84 Å². The van der Waals surface area contributed by atoms with E-state index in [0.717, 1.165) is 25.7 Å². The molecule has 1 saturated heterocycles. The number of rotatable bonds is 4. The molecule has 21 heavy (non-hydrogen) atoms. The lowest BCUT2D eigenvalue weighted by Gasteiger charge is -2.26. The summed E-state index contributed by atoms with van der Waals surface area (Å²) >= 11 is 0. The summed E-state index contributed by atoms with van der Waals surface area (Å²) in [6.45, 7) is 0.535. The lowest BCUT2D eigenvalue weighted by Crippen LogP contribution is -2.39.